The summed E-state index contributed by atoms with van der Waals surface area (Å²) in [5, 5.41) is 7.64. The fraction of sp³-hybridized carbons (Fsp3) is 0.286. The molecule has 0 saturated heterocycles. The van der Waals surface area contributed by atoms with Gasteiger partial charge in [-0.3, -0.25) is 0 Å². The Labute approximate surface area is 133 Å². The van der Waals surface area contributed by atoms with Crippen LogP contribution in [0.2, 0.25) is 0 Å². The van der Waals surface area contributed by atoms with E-state index in [2.05, 4.69) is 10.3 Å². The average molecular weight is 340 g/mol. The van der Waals surface area contributed by atoms with Gasteiger partial charge in [-0.25, -0.2) is 17.5 Å². The van der Waals surface area contributed by atoms with Crippen molar-refractivity contribution >= 4 is 9.84 Å². The number of nitrogens with zero attached hydrogens (tertiary/aromatic N) is 3. The largest absolute Gasteiger partial charge is 0.487 e. The van der Waals surface area contributed by atoms with E-state index in [9.17, 15) is 12.8 Å². The van der Waals surface area contributed by atoms with Crippen molar-refractivity contribution in [3.63, 3.8) is 0 Å². The summed E-state index contributed by atoms with van der Waals surface area (Å²) in [6.45, 7) is 0.163. The van der Waals surface area contributed by atoms with E-state index in [1.54, 1.807) is 18.3 Å². The van der Waals surface area contributed by atoms with Gasteiger partial charge in [-0.1, -0.05) is 11.3 Å². The molecule has 0 aliphatic rings. The lowest BCUT2D eigenvalue weighted by molar-refractivity contribution is 0.300. The van der Waals surface area contributed by atoms with Gasteiger partial charge in [0.1, 0.15) is 23.9 Å². The summed E-state index contributed by atoms with van der Waals surface area (Å²) in [7, 11) is -3.29. The van der Waals surface area contributed by atoms with Crippen LogP contribution in [0.5, 0.6) is 5.75 Å². The van der Waals surface area contributed by atoms with Crippen LogP contribution in [0.1, 0.15) is 5.69 Å². The smallest absolute Gasteiger partial charge is 0.175 e. The van der Waals surface area contributed by atoms with Crippen molar-refractivity contribution in [1.29, 1.82) is 0 Å². The molecule has 0 unspecified atom stereocenters. The molecule has 1 heterocycles. The Hall–Kier alpha value is -2.26. The minimum atomic E-state index is -3.29. The summed E-state index contributed by atoms with van der Waals surface area (Å²) < 4.78 is 43.1. The Morgan fingerprint density at radius 1 is 1.48 bits per heavy atom. The van der Waals surface area contributed by atoms with Crippen LogP contribution in [0.3, 0.4) is 0 Å². The molecule has 0 radical (unpaired) electrons. The molecule has 9 heteroatoms. The highest BCUT2D eigenvalue weighted by molar-refractivity contribution is 7.90. The maximum atomic E-state index is 13.3. The lowest BCUT2D eigenvalue weighted by Gasteiger charge is -2.05. The Morgan fingerprint density at radius 3 is 2.96 bits per heavy atom. The topological polar surface area (TPSA) is 100 Å². The molecule has 0 bridgehead atoms. The molecule has 23 heavy (non-hydrogen) atoms. The van der Waals surface area contributed by atoms with Gasteiger partial charge in [-0.05, 0) is 24.3 Å². The number of ether oxygens (including phenoxy) is 1. The number of hydrogen-bond donors (Lipinski definition) is 1. The van der Waals surface area contributed by atoms with Gasteiger partial charge >= 0.3 is 0 Å². The van der Waals surface area contributed by atoms with Gasteiger partial charge in [0.2, 0.25) is 0 Å². The predicted octanol–water partition coefficient (Wildman–Crippen LogP) is 1.07. The first-order chi connectivity index (χ1) is 10.9. The zero-order chi connectivity index (χ0) is 16.9. The van der Waals surface area contributed by atoms with Crippen LogP contribution in [0, 0.1) is 0 Å². The number of sulfone groups is 1. The third-order valence-electron chi connectivity index (χ3n) is 2.86. The lowest BCUT2D eigenvalue weighted by atomic mass is 10.3. The maximum absolute atomic E-state index is 13.3. The zero-order valence-electron chi connectivity index (χ0n) is 12.5. The second-order valence-electron chi connectivity index (χ2n) is 4.83. The van der Waals surface area contributed by atoms with Gasteiger partial charge in [0.25, 0.3) is 0 Å². The molecule has 1 aromatic carbocycles. The van der Waals surface area contributed by atoms with Crippen molar-refractivity contribution < 1.29 is 17.5 Å². The van der Waals surface area contributed by atoms with E-state index in [0.29, 0.717) is 11.4 Å². The third kappa shape index (κ3) is 5.15. The maximum Gasteiger partial charge on any atom is 0.175 e. The summed E-state index contributed by atoms with van der Waals surface area (Å²) in [5.74, 6) is 0.00223. The van der Waals surface area contributed by atoms with E-state index < -0.39 is 15.7 Å². The van der Waals surface area contributed by atoms with Crippen LogP contribution in [0.4, 0.5) is 4.39 Å². The minimum absolute atomic E-state index is 0.0479. The summed E-state index contributed by atoms with van der Waals surface area (Å²) in [4.78, 5) is 0.174. The van der Waals surface area contributed by atoms with E-state index in [-0.39, 0.29) is 24.6 Å². The Balaban J connectivity index is 1.99. The Morgan fingerprint density at radius 2 is 2.26 bits per heavy atom. The molecule has 124 valence electrons. The van der Waals surface area contributed by atoms with Crippen LogP contribution in [0.15, 0.2) is 47.3 Å². The monoisotopic (exact) mass is 340 g/mol. The second-order valence-corrected chi connectivity index (χ2v) is 6.85. The van der Waals surface area contributed by atoms with Gasteiger partial charge in [-0.15, -0.1) is 5.10 Å². The number of hydrogen-bond acceptors (Lipinski definition) is 6. The number of benzene rings is 1. The molecular formula is C14H17FN4O3S. The lowest BCUT2D eigenvalue weighted by Crippen LogP contribution is -2.02. The van der Waals surface area contributed by atoms with E-state index in [0.717, 1.165) is 6.26 Å². The molecule has 7 nitrogen and oxygen atoms in total. The standard InChI is InChI=1S/C14H17FN4O3S/c1-23(20,21)14-4-2-3-13(7-14)22-10-12-9-19(18-17-12)8-11(15)5-6-16/h2-5,7,9H,6,8,10,16H2,1H3. The molecule has 0 saturated carbocycles. The first-order valence-electron chi connectivity index (χ1n) is 6.75. The predicted molar refractivity (Wildman–Crippen MR) is 82.2 cm³/mol. The molecule has 0 fully saturated rings. The number of halogens is 1. The fourth-order valence-electron chi connectivity index (χ4n) is 1.78. The highest BCUT2D eigenvalue weighted by atomic mass is 32.2. The van der Waals surface area contributed by atoms with Crippen molar-refractivity contribution in [1.82, 2.24) is 15.0 Å². The van der Waals surface area contributed by atoms with E-state index in [1.807, 2.05) is 0 Å². The van der Waals surface area contributed by atoms with E-state index >= 15 is 0 Å². The quantitative estimate of drug-likeness (QED) is 0.809. The summed E-state index contributed by atoms with van der Waals surface area (Å²) in [5.41, 5.74) is 5.71. The second kappa shape index (κ2) is 7.34. The molecule has 0 amide bonds. The van der Waals surface area contributed by atoms with Crippen molar-refractivity contribution in [2.45, 2.75) is 18.0 Å². The molecule has 2 rings (SSSR count). The minimum Gasteiger partial charge on any atom is -0.487 e. The normalized spacial score (nSPS) is 12.4. The molecule has 0 aliphatic carbocycles. The molecule has 0 aliphatic heterocycles. The molecule has 1 aromatic heterocycles. The van der Waals surface area contributed by atoms with Crippen LogP contribution in [0.25, 0.3) is 0 Å². The zero-order valence-corrected chi connectivity index (χ0v) is 13.3. The first kappa shape index (κ1) is 17.1. The Bertz CT molecular complexity index is 802. The molecular weight excluding hydrogens is 323 g/mol. The number of nitrogens with two attached hydrogens (primary N) is 1. The van der Waals surface area contributed by atoms with E-state index in [1.165, 1.54) is 22.9 Å². The highest BCUT2D eigenvalue weighted by Gasteiger charge is 2.09. The fourth-order valence-corrected chi connectivity index (χ4v) is 2.44. The number of rotatable bonds is 7. The highest BCUT2D eigenvalue weighted by Crippen LogP contribution is 2.18. The van der Waals surface area contributed by atoms with Crippen molar-refractivity contribution in [2.24, 2.45) is 5.73 Å². The van der Waals surface area contributed by atoms with Crippen molar-refractivity contribution in [3.05, 3.63) is 48.1 Å². The van der Waals surface area contributed by atoms with Crippen molar-refractivity contribution in [3.8, 4) is 5.75 Å². The van der Waals surface area contributed by atoms with Crippen LogP contribution in [-0.2, 0) is 23.0 Å². The average Bonchev–Trinajstić information content (AvgIpc) is 2.92. The molecule has 2 aromatic rings. The van der Waals surface area contributed by atoms with Gasteiger partial charge in [0, 0.05) is 12.8 Å². The van der Waals surface area contributed by atoms with Gasteiger partial charge in [0.15, 0.2) is 9.84 Å². The summed E-state index contributed by atoms with van der Waals surface area (Å²) in [6.07, 6.45) is 3.93. The van der Waals surface area contributed by atoms with Crippen molar-refractivity contribution in [2.75, 3.05) is 12.8 Å². The van der Waals surface area contributed by atoms with Gasteiger partial charge in [0.05, 0.1) is 17.6 Å². The number of aromatic nitrogens is 3. The third-order valence-corrected chi connectivity index (χ3v) is 3.97. The molecule has 0 atom stereocenters. The van der Waals surface area contributed by atoms with E-state index in [4.69, 9.17) is 10.5 Å². The van der Waals surface area contributed by atoms with Gasteiger partial charge in [-0.2, -0.15) is 0 Å². The Kier molecular flexibility index (Phi) is 5.45. The first-order valence-corrected chi connectivity index (χ1v) is 8.64. The summed E-state index contributed by atoms with van der Waals surface area (Å²) in [6, 6.07) is 6.16. The number of allylic oxidation sites excluding steroid dienone is 1. The molecule has 2 N–H and O–H groups in total. The molecule has 0 spiro atoms. The SMILES string of the molecule is CS(=O)(=O)c1cccc(OCc2cn(CC(F)=CCN)nn2)c1. The summed E-state index contributed by atoms with van der Waals surface area (Å²) >= 11 is 0. The van der Waals surface area contributed by atoms with Crippen LogP contribution < -0.4 is 10.5 Å². The van der Waals surface area contributed by atoms with Gasteiger partial charge < -0.3 is 10.5 Å². The van der Waals surface area contributed by atoms with Crippen LogP contribution in [-0.4, -0.2) is 36.2 Å². The van der Waals surface area contributed by atoms with Crippen LogP contribution >= 0.6 is 0 Å².